The van der Waals surface area contributed by atoms with Crippen LogP contribution in [0.15, 0.2) is 0 Å². The van der Waals surface area contributed by atoms with E-state index in [2.05, 4.69) is 13.8 Å². The maximum absolute atomic E-state index is 5.82. The normalized spacial score (nSPS) is 63.4. The van der Waals surface area contributed by atoms with Crippen molar-refractivity contribution in [1.29, 1.82) is 0 Å². The topological polar surface area (TPSA) is 25.1 Å². The van der Waals surface area contributed by atoms with Crippen LogP contribution in [-0.2, 0) is 9.47 Å². The molecule has 0 aromatic heterocycles. The van der Waals surface area contributed by atoms with Crippen LogP contribution in [0.2, 0.25) is 0 Å². The van der Waals surface area contributed by atoms with Gasteiger partial charge in [0.25, 0.3) is 0 Å². The van der Waals surface area contributed by atoms with Gasteiger partial charge in [0.1, 0.15) is 0 Å². The van der Waals surface area contributed by atoms with Crippen LogP contribution in [0.4, 0.5) is 0 Å². The van der Waals surface area contributed by atoms with Gasteiger partial charge in [0, 0.05) is 0 Å². The molecule has 2 aliphatic carbocycles. The molecule has 90 valence electrons. The predicted molar refractivity (Wildman–Crippen MR) is 61.2 cm³/mol. The van der Waals surface area contributed by atoms with Gasteiger partial charge < -0.3 is 9.47 Å². The lowest BCUT2D eigenvalue weighted by molar-refractivity contribution is 0.164. The van der Waals surface area contributed by atoms with E-state index in [0.717, 1.165) is 11.8 Å². The van der Waals surface area contributed by atoms with E-state index in [9.17, 15) is 0 Å². The van der Waals surface area contributed by atoms with Crippen molar-refractivity contribution in [2.45, 2.75) is 75.8 Å². The summed E-state index contributed by atoms with van der Waals surface area (Å²) in [7, 11) is 0. The Labute approximate surface area is 97.7 Å². The fraction of sp³-hybridized carbons (Fsp3) is 1.00. The highest BCUT2D eigenvalue weighted by Crippen LogP contribution is 2.56. The van der Waals surface area contributed by atoms with Gasteiger partial charge in [-0.05, 0) is 64.2 Å². The lowest BCUT2D eigenvalue weighted by Gasteiger charge is -2.34. The number of rotatable bonds is 1. The van der Waals surface area contributed by atoms with Gasteiger partial charge >= 0.3 is 0 Å². The van der Waals surface area contributed by atoms with E-state index in [1.165, 1.54) is 38.5 Å². The van der Waals surface area contributed by atoms with E-state index in [-0.39, 0.29) is 11.2 Å². The Hall–Kier alpha value is -0.0800. The van der Waals surface area contributed by atoms with Gasteiger partial charge in [0.05, 0.1) is 23.4 Å². The van der Waals surface area contributed by atoms with Crippen LogP contribution in [0.5, 0.6) is 0 Å². The van der Waals surface area contributed by atoms with Crippen LogP contribution in [0.25, 0.3) is 0 Å². The molecule has 4 aliphatic rings. The third kappa shape index (κ3) is 1.32. The van der Waals surface area contributed by atoms with Gasteiger partial charge in [0.15, 0.2) is 0 Å². The van der Waals surface area contributed by atoms with Crippen molar-refractivity contribution in [3.63, 3.8) is 0 Å². The first-order chi connectivity index (χ1) is 7.59. The molecule has 0 aromatic rings. The largest absolute Gasteiger partial charge is 0.366 e. The monoisotopic (exact) mass is 222 g/mol. The first kappa shape index (κ1) is 9.90. The number of ether oxygens (including phenoxy) is 2. The van der Waals surface area contributed by atoms with E-state index in [0.29, 0.717) is 12.2 Å². The molecule has 2 saturated carbocycles. The standard InChI is InChI=1S/C14H22O2/c1-13-7-9(3-5-11(13)15-13)10-4-6-12-14(2,8-10)16-12/h9-12H,3-8H2,1-2H3. The van der Waals surface area contributed by atoms with Crippen molar-refractivity contribution in [2.24, 2.45) is 11.8 Å². The van der Waals surface area contributed by atoms with E-state index < -0.39 is 0 Å². The minimum atomic E-state index is 0.269. The molecule has 2 aliphatic heterocycles. The third-order valence-corrected chi connectivity index (χ3v) is 5.67. The van der Waals surface area contributed by atoms with Gasteiger partial charge in [0.2, 0.25) is 0 Å². The molecule has 2 heteroatoms. The second-order valence-electron chi connectivity index (χ2n) is 6.92. The summed E-state index contributed by atoms with van der Waals surface area (Å²) in [6.45, 7) is 4.62. The Morgan fingerprint density at radius 1 is 0.750 bits per heavy atom. The van der Waals surface area contributed by atoms with Crippen molar-refractivity contribution in [3.05, 3.63) is 0 Å². The second kappa shape index (κ2) is 2.84. The average Bonchev–Trinajstić information content (AvgIpc) is 3.08. The molecule has 2 heterocycles. The Bertz CT molecular complexity index is 297. The second-order valence-corrected chi connectivity index (χ2v) is 6.92. The SMILES string of the molecule is CC12CC(C3CCC4OC4(C)C3)CCC1O2. The summed E-state index contributed by atoms with van der Waals surface area (Å²) in [5.41, 5.74) is 0.538. The maximum Gasteiger partial charge on any atom is 0.0923 e. The lowest BCUT2D eigenvalue weighted by Crippen LogP contribution is -2.32. The van der Waals surface area contributed by atoms with Gasteiger partial charge in [-0.25, -0.2) is 0 Å². The molecule has 2 saturated heterocycles. The Kier molecular flexibility index (Phi) is 1.76. The smallest absolute Gasteiger partial charge is 0.0923 e. The molecule has 0 spiro atoms. The fourth-order valence-electron chi connectivity index (χ4n) is 4.45. The minimum Gasteiger partial charge on any atom is -0.366 e. The zero-order valence-corrected chi connectivity index (χ0v) is 10.4. The van der Waals surface area contributed by atoms with Gasteiger partial charge in [-0.1, -0.05) is 0 Å². The van der Waals surface area contributed by atoms with Crippen LogP contribution in [0.1, 0.15) is 52.4 Å². The quantitative estimate of drug-likeness (QED) is 0.637. The predicted octanol–water partition coefficient (Wildman–Crippen LogP) is 2.90. The van der Waals surface area contributed by atoms with Gasteiger partial charge in [-0.3, -0.25) is 0 Å². The number of epoxide rings is 2. The Morgan fingerprint density at radius 2 is 1.19 bits per heavy atom. The lowest BCUT2D eigenvalue weighted by atomic mass is 9.69. The minimum absolute atomic E-state index is 0.269. The van der Waals surface area contributed by atoms with E-state index in [1.54, 1.807) is 0 Å². The van der Waals surface area contributed by atoms with Crippen molar-refractivity contribution < 1.29 is 9.47 Å². The zero-order valence-electron chi connectivity index (χ0n) is 10.4. The molecule has 16 heavy (non-hydrogen) atoms. The molecule has 0 aromatic carbocycles. The molecule has 6 unspecified atom stereocenters. The van der Waals surface area contributed by atoms with Crippen LogP contribution >= 0.6 is 0 Å². The summed E-state index contributed by atoms with van der Waals surface area (Å²) in [5, 5.41) is 0. The first-order valence-electron chi connectivity index (χ1n) is 6.95. The van der Waals surface area contributed by atoms with Gasteiger partial charge in [-0.15, -0.1) is 0 Å². The molecular weight excluding hydrogens is 200 g/mol. The molecule has 0 radical (unpaired) electrons. The van der Waals surface area contributed by atoms with Gasteiger partial charge in [-0.2, -0.15) is 0 Å². The summed E-state index contributed by atoms with van der Waals surface area (Å²) in [6.07, 6.45) is 9.22. The summed E-state index contributed by atoms with van der Waals surface area (Å²) >= 11 is 0. The Morgan fingerprint density at radius 3 is 1.56 bits per heavy atom. The summed E-state index contributed by atoms with van der Waals surface area (Å²) in [4.78, 5) is 0. The average molecular weight is 222 g/mol. The molecule has 4 fully saturated rings. The number of fused-ring (bicyclic) bond motifs is 2. The Balaban J connectivity index is 1.45. The molecule has 6 atom stereocenters. The van der Waals surface area contributed by atoms with E-state index >= 15 is 0 Å². The van der Waals surface area contributed by atoms with Crippen LogP contribution < -0.4 is 0 Å². The molecule has 2 nitrogen and oxygen atoms in total. The van der Waals surface area contributed by atoms with Crippen LogP contribution in [-0.4, -0.2) is 23.4 Å². The fourth-order valence-corrected chi connectivity index (χ4v) is 4.45. The molecular formula is C14H22O2. The van der Waals surface area contributed by atoms with Crippen molar-refractivity contribution in [3.8, 4) is 0 Å². The maximum atomic E-state index is 5.82. The number of hydrogen-bond acceptors (Lipinski definition) is 2. The van der Waals surface area contributed by atoms with Crippen molar-refractivity contribution in [2.75, 3.05) is 0 Å². The highest BCUT2D eigenvalue weighted by Gasteiger charge is 2.60. The molecule has 0 amide bonds. The first-order valence-corrected chi connectivity index (χ1v) is 6.95. The van der Waals surface area contributed by atoms with E-state index in [1.807, 2.05) is 0 Å². The summed E-state index contributed by atoms with van der Waals surface area (Å²) in [5.74, 6) is 1.82. The van der Waals surface area contributed by atoms with Crippen LogP contribution in [0.3, 0.4) is 0 Å². The van der Waals surface area contributed by atoms with Crippen LogP contribution in [0, 0.1) is 11.8 Å². The van der Waals surface area contributed by atoms with E-state index in [4.69, 9.17) is 9.47 Å². The zero-order chi connectivity index (χ0) is 11.0. The van der Waals surface area contributed by atoms with Crippen molar-refractivity contribution in [1.82, 2.24) is 0 Å². The van der Waals surface area contributed by atoms with Crippen molar-refractivity contribution >= 4 is 0 Å². The highest BCUT2D eigenvalue weighted by atomic mass is 16.6. The highest BCUT2D eigenvalue weighted by molar-refractivity contribution is 5.08. The molecule has 0 N–H and O–H groups in total. The molecule has 0 bridgehead atoms. The molecule has 4 rings (SSSR count). The summed E-state index contributed by atoms with van der Waals surface area (Å²) < 4.78 is 11.6. The number of hydrogen-bond donors (Lipinski definition) is 0. The third-order valence-electron chi connectivity index (χ3n) is 5.67. The summed E-state index contributed by atoms with van der Waals surface area (Å²) in [6, 6.07) is 0.